The van der Waals surface area contributed by atoms with Gasteiger partial charge >= 0.3 is 0 Å². The third kappa shape index (κ3) is 4.47. The molecule has 3 rings (SSSR count). The standard InChI is InChI=1S/C19H24N4O2/c1-3-25-17-8-6-16(7-9-17)22-18(24)15-5-4-12-23(13-15)19-20-11-10-14(2)21-19/h6-11,15H,3-5,12-13H2,1-2H3,(H,22,24). The molecule has 1 saturated heterocycles. The number of ether oxygens (including phenoxy) is 1. The van der Waals surface area contributed by atoms with Gasteiger partial charge in [-0.3, -0.25) is 4.79 Å². The van der Waals surface area contributed by atoms with Crippen LogP contribution in [0.3, 0.4) is 0 Å². The highest BCUT2D eigenvalue weighted by atomic mass is 16.5. The quantitative estimate of drug-likeness (QED) is 0.906. The van der Waals surface area contributed by atoms with Gasteiger partial charge in [-0.1, -0.05) is 0 Å². The van der Waals surface area contributed by atoms with Gasteiger partial charge in [0.2, 0.25) is 11.9 Å². The summed E-state index contributed by atoms with van der Waals surface area (Å²) in [6, 6.07) is 9.35. The smallest absolute Gasteiger partial charge is 0.229 e. The molecule has 1 aliphatic rings. The fourth-order valence-electron chi connectivity index (χ4n) is 3.01. The van der Waals surface area contributed by atoms with E-state index in [1.165, 1.54) is 0 Å². The maximum absolute atomic E-state index is 12.6. The molecule has 1 aromatic heterocycles. The first-order chi connectivity index (χ1) is 12.2. The molecule has 132 valence electrons. The van der Waals surface area contributed by atoms with Gasteiger partial charge in [0.05, 0.1) is 12.5 Å². The SMILES string of the molecule is CCOc1ccc(NC(=O)C2CCCN(c3nccc(C)n3)C2)cc1. The summed E-state index contributed by atoms with van der Waals surface area (Å²) in [6.45, 7) is 6.06. The molecule has 0 bridgehead atoms. The van der Waals surface area contributed by atoms with E-state index in [0.717, 1.165) is 36.5 Å². The van der Waals surface area contributed by atoms with E-state index < -0.39 is 0 Å². The number of nitrogens with zero attached hydrogens (tertiary/aromatic N) is 3. The second kappa shape index (κ2) is 7.96. The highest BCUT2D eigenvalue weighted by Gasteiger charge is 2.27. The largest absolute Gasteiger partial charge is 0.494 e. The number of benzene rings is 1. The van der Waals surface area contributed by atoms with E-state index in [9.17, 15) is 4.79 Å². The van der Waals surface area contributed by atoms with E-state index >= 15 is 0 Å². The van der Waals surface area contributed by atoms with Crippen LogP contribution in [-0.2, 0) is 4.79 Å². The summed E-state index contributed by atoms with van der Waals surface area (Å²) >= 11 is 0. The lowest BCUT2D eigenvalue weighted by Gasteiger charge is -2.32. The number of hydrogen-bond acceptors (Lipinski definition) is 5. The van der Waals surface area contributed by atoms with Crippen molar-refractivity contribution >= 4 is 17.5 Å². The Kier molecular flexibility index (Phi) is 5.48. The van der Waals surface area contributed by atoms with Crippen LogP contribution in [0.25, 0.3) is 0 Å². The molecule has 0 aliphatic carbocycles. The summed E-state index contributed by atoms with van der Waals surface area (Å²) in [5.41, 5.74) is 1.73. The number of nitrogens with one attached hydrogen (secondary N) is 1. The van der Waals surface area contributed by atoms with Gasteiger partial charge in [-0.2, -0.15) is 0 Å². The van der Waals surface area contributed by atoms with E-state index in [0.29, 0.717) is 19.1 Å². The molecule has 1 N–H and O–H groups in total. The van der Waals surface area contributed by atoms with Crippen molar-refractivity contribution in [3.05, 3.63) is 42.2 Å². The number of amides is 1. The summed E-state index contributed by atoms with van der Waals surface area (Å²) in [4.78, 5) is 23.5. The Morgan fingerprint density at radius 3 is 2.84 bits per heavy atom. The number of aromatic nitrogens is 2. The van der Waals surface area contributed by atoms with Crippen molar-refractivity contribution in [1.29, 1.82) is 0 Å². The number of carbonyl (C=O) groups excluding carboxylic acids is 1. The molecule has 1 aromatic carbocycles. The van der Waals surface area contributed by atoms with Crippen molar-refractivity contribution in [2.75, 3.05) is 29.9 Å². The van der Waals surface area contributed by atoms with Crippen LogP contribution in [0.1, 0.15) is 25.5 Å². The number of anilines is 2. The highest BCUT2D eigenvalue weighted by molar-refractivity contribution is 5.93. The second-order valence-corrected chi connectivity index (χ2v) is 6.23. The van der Waals surface area contributed by atoms with Gasteiger partial charge in [-0.15, -0.1) is 0 Å². The van der Waals surface area contributed by atoms with Gasteiger partial charge in [0.1, 0.15) is 5.75 Å². The zero-order valence-corrected chi connectivity index (χ0v) is 14.7. The van der Waals surface area contributed by atoms with Crippen molar-refractivity contribution in [2.24, 2.45) is 5.92 Å². The summed E-state index contributed by atoms with van der Waals surface area (Å²) in [6.07, 6.45) is 3.60. The first-order valence-corrected chi connectivity index (χ1v) is 8.74. The van der Waals surface area contributed by atoms with E-state index in [-0.39, 0.29) is 11.8 Å². The number of rotatable bonds is 5. The Hall–Kier alpha value is -2.63. The van der Waals surface area contributed by atoms with Crippen LogP contribution in [0.2, 0.25) is 0 Å². The Bertz CT molecular complexity index is 718. The maximum atomic E-state index is 12.6. The maximum Gasteiger partial charge on any atom is 0.229 e. The topological polar surface area (TPSA) is 67.3 Å². The van der Waals surface area contributed by atoms with Crippen molar-refractivity contribution in [3.63, 3.8) is 0 Å². The average molecular weight is 340 g/mol. The van der Waals surface area contributed by atoms with Gasteiger partial charge in [0.15, 0.2) is 0 Å². The zero-order valence-electron chi connectivity index (χ0n) is 14.7. The monoisotopic (exact) mass is 340 g/mol. The van der Waals surface area contributed by atoms with Gasteiger partial charge in [0.25, 0.3) is 0 Å². The molecule has 0 radical (unpaired) electrons. The normalized spacial score (nSPS) is 17.2. The lowest BCUT2D eigenvalue weighted by molar-refractivity contribution is -0.120. The van der Waals surface area contributed by atoms with Crippen molar-refractivity contribution in [1.82, 2.24) is 9.97 Å². The molecule has 1 amide bonds. The molecule has 1 atom stereocenters. The van der Waals surface area contributed by atoms with Gasteiger partial charge in [0, 0.05) is 30.7 Å². The second-order valence-electron chi connectivity index (χ2n) is 6.23. The highest BCUT2D eigenvalue weighted by Crippen LogP contribution is 2.22. The molecule has 6 heteroatoms. The molecule has 0 saturated carbocycles. The average Bonchev–Trinajstić information content (AvgIpc) is 2.64. The molecule has 1 unspecified atom stereocenters. The zero-order chi connectivity index (χ0) is 17.6. The van der Waals surface area contributed by atoms with Crippen LogP contribution in [0.15, 0.2) is 36.5 Å². The van der Waals surface area contributed by atoms with E-state index in [1.807, 2.05) is 44.2 Å². The Morgan fingerprint density at radius 1 is 1.32 bits per heavy atom. The van der Waals surface area contributed by atoms with E-state index in [2.05, 4.69) is 20.2 Å². The lowest BCUT2D eigenvalue weighted by Crippen LogP contribution is -2.41. The van der Waals surface area contributed by atoms with Crippen molar-refractivity contribution in [2.45, 2.75) is 26.7 Å². The number of carbonyl (C=O) groups is 1. The summed E-state index contributed by atoms with van der Waals surface area (Å²) < 4.78 is 5.42. The van der Waals surface area contributed by atoms with Crippen LogP contribution < -0.4 is 15.0 Å². The van der Waals surface area contributed by atoms with Crippen molar-refractivity contribution < 1.29 is 9.53 Å². The minimum Gasteiger partial charge on any atom is -0.494 e. The number of hydrogen-bond donors (Lipinski definition) is 1. The molecular formula is C19H24N4O2. The lowest BCUT2D eigenvalue weighted by atomic mass is 9.97. The predicted molar refractivity (Wildman–Crippen MR) is 97.9 cm³/mol. The van der Waals surface area contributed by atoms with Gasteiger partial charge in [-0.25, -0.2) is 9.97 Å². The third-order valence-electron chi connectivity index (χ3n) is 4.29. The van der Waals surface area contributed by atoms with E-state index in [4.69, 9.17) is 4.74 Å². The molecule has 0 spiro atoms. The fourth-order valence-corrected chi connectivity index (χ4v) is 3.01. The van der Waals surface area contributed by atoms with Crippen LogP contribution in [0.4, 0.5) is 11.6 Å². The minimum atomic E-state index is -0.0653. The van der Waals surface area contributed by atoms with Gasteiger partial charge < -0.3 is 15.0 Å². The molecular weight excluding hydrogens is 316 g/mol. The molecule has 2 aromatic rings. The van der Waals surface area contributed by atoms with Crippen LogP contribution in [-0.4, -0.2) is 35.6 Å². The number of piperidine rings is 1. The molecule has 6 nitrogen and oxygen atoms in total. The Balaban J connectivity index is 1.61. The molecule has 2 heterocycles. The molecule has 1 fully saturated rings. The molecule has 1 aliphatic heterocycles. The summed E-state index contributed by atoms with van der Waals surface area (Å²) in [5.74, 6) is 1.49. The Morgan fingerprint density at radius 2 is 2.12 bits per heavy atom. The summed E-state index contributed by atoms with van der Waals surface area (Å²) in [5, 5.41) is 3.00. The number of aryl methyl sites for hydroxylation is 1. The molecule has 25 heavy (non-hydrogen) atoms. The van der Waals surface area contributed by atoms with Crippen LogP contribution in [0, 0.1) is 12.8 Å². The third-order valence-corrected chi connectivity index (χ3v) is 4.29. The Labute approximate surface area is 148 Å². The van der Waals surface area contributed by atoms with Gasteiger partial charge in [-0.05, 0) is 57.0 Å². The fraction of sp³-hybridized carbons (Fsp3) is 0.421. The minimum absolute atomic E-state index is 0.0431. The predicted octanol–water partition coefficient (Wildman–Crippen LogP) is 3.04. The summed E-state index contributed by atoms with van der Waals surface area (Å²) in [7, 11) is 0. The van der Waals surface area contributed by atoms with E-state index in [1.54, 1.807) is 6.20 Å². The van der Waals surface area contributed by atoms with Crippen molar-refractivity contribution in [3.8, 4) is 5.75 Å². The van der Waals surface area contributed by atoms with Crippen LogP contribution >= 0.6 is 0 Å². The first-order valence-electron chi connectivity index (χ1n) is 8.74. The van der Waals surface area contributed by atoms with Crippen LogP contribution in [0.5, 0.6) is 5.75 Å². The first kappa shape index (κ1) is 17.2.